The Balaban J connectivity index is 2.28. The third kappa shape index (κ3) is 2.42. The molecule has 1 aromatic carbocycles. The number of aliphatic hydroxyl groups is 1. The first-order valence-corrected chi connectivity index (χ1v) is 6.13. The van der Waals surface area contributed by atoms with Crippen molar-refractivity contribution in [3.8, 4) is 6.07 Å². The number of hydrogen-bond acceptors (Lipinski definition) is 3. The minimum absolute atomic E-state index is 0.0118. The molecule has 0 bridgehead atoms. The van der Waals surface area contributed by atoms with Crippen molar-refractivity contribution in [2.24, 2.45) is 0 Å². The largest absolute Gasteiger partial charge is 0.392 e. The molecule has 3 heteroatoms. The predicted molar refractivity (Wildman–Crippen MR) is 67.7 cm³/mol. The first kappa shape index (κ1) is 11.9. The molecule has 0 amide bonds. The minimum atomic E-state index is -0.0118. The molecule has 1 saturated carbocycles. The third-order valence-electron chi connectivity index (χ3n) is 3.62. The van der Waals surface area contributed by atoms with Gasteiger partial charge in [0.2, 0.25) is 0 Å². The second-order valence-corrected chi connectivity index (χ2v) is 4.67. The summed E-state index contributed by atoms with van der Waals surface area (Å²) in [4.78, 5) is 2.21. The van der Waals surface area contributed by atoms with Crippen LogP contribution in [0.4, 0.5) is 5.69 Å². The van der Waals surface area contributed by atoms with Gasteiger partial charge in [0.05, 0.1) is 17.9 Å². The SMILES string of the molecule is CN(c1ccc(CO)cc1C#N)C1CCCC1. The average Bonchev–Trinajstić information content (AvgIpc) is 2.91. The van der Waals surface area contributed by atoms with Gasteiger partial charge in [-0.15, -0.1) is 0 Å². The van der Waals surface area contributed by atoms with Gasteiger partial charge in [-0.3, -0.25) is 0 Å². The van der Waals surface area contributed by atoms with Crippen molar-refractivity contribution >= 4 is 5.69 Å². The Morgan fingerprint density at radius 2 is 2.12 bits per heavy atom. The van der Waals surface area contributed by atoms with Crippen LogP contribution in [0.3, 0.4) is 0 Å². The number of hydrogen-bond donors (Lipinski definition) is 1. The van der Waals surface area contributed by atoms with Crippen molar-refractivity contribution in [2.45, 2.75) is 38.3 Å². The predicted octanol–water partition coefficient (Wildman–Crippen LogP) is 2.43. The smallest absolute Gasteiger partial charge is 0.101 e. The fourth-order valence-electron chi connectivity index (χ4n) is 2.57. The molecule has 0 unspecified atom stereocenters. The maximum Gasteiger partial charge on any atom is 0.101 e. The van der Waals surface area contributed by atoms with Crippen LogP contribution < -0.4 is 4.90 Å². The van der Waals surface area contributed by atoms with Crippen LogP contribution in [0.5, 0.6) is 0 Å². The molecule has 17 heavy (non-hydrogen) atoms. The van der Waals surface area contributed by atoms with Crippen LogP contribution in [0, 0.1) is 11.3 Å². The summed E-state index contributed by atoms with van der Waals surface area (Å²) in [5.74, 6) is 0. The summed E-state index contributed by atoms with van der Waals surface area (Å²) in [7, 11) is 2.06. The maximum atomic E-state index is 9.17. The normalized spacial score (nSPS) is 15.8. The Bertz CT molecular complexity index is 430. The van der Waals surface area contributed by atoms with E-state index in [0.29, 0.717) is 11.6 Å². The van der Waals surface area contributed by atoms with E-state index in [-0.39, 0.29) is 6.61 Å². The molecular weight excluding hydrogens is 212 g/mol. The molecule has 0 aromatic heterocycles. The highest BCUT2D eigenvalue weighted by atomic mass is 16.3. The summed E-state index contributed by atoms with van der Waals surface area (Å²) in [6.45, 7) is -0.0118. The molecule has 0 atom stereocenters. The van der Waals surface area contributed by atoms with Crippen LogP contribution in [0.15, 0.2) is 18.2 Å². The van der Waals surface area contributed by atoms with Gasteiger partial charge >= 0.3 is 0 Å². The second kappa shape index (κ2) is 5.20. The number of aliphatic hydroxyl groups excluding tert-OH is 1. The molecule has 3 nitrogen and oxygen atoms in total. The summed E-state index contributed by atoms with van der Waals surface area (Å²) < 4.78 is 0. The number of benzene rings is 1. The average molecular weight is 230 g/mol. The molecule has 0 saturated heterocycles. The topological polar surface area (TPSA) is 47.3 Å². The molecule has 1 aliphatic carbocycles. The zero-order valence-electron chi connectivity index (χ0n) is 10.2. The van der Waals surface area contributed by atoms with Crippen molar-refractivity contribution in [3.05, 3.63) is 29.3 Å². The van der Waals surface area contributed by atoms with E-state index < -0.39 is 0 Å². The van der Waals surface area contributed by atoms with E-state index in [1.165, 1.54) is 25.7 Å². The second-order valence-electron chi connectivity index (χ2n) is 4.67. The first-order chi connectivity index (χ1) is 8.26. The number of anilines is 1. The van der Waals surface area contributed by atoms with E-state index in [2.05, 4.69) is 18.0 Å². The lowest BCUT2D eigenvalue weighted by Gasteiger charge is -2.27. The maximum absolute atomic E-state index is 9.17. The summed E-state index contributed by atoms with van der Waals surface area (Å²) in [6, 6.07) is 8.40. The van der Waals surface area contributed by atoms with E-state index in [0.717, 1.165) is 11.3 Å². The molecule has 1 N–H and O–H groups in total. The molecule has 90 valence electrons. The first-order valence-electron chi connectivity index (χ1n) is 6.13. The van der Waals surface area contributed by atoms with Gasteiger partial charge in [0, 0.05) is 13.1 Å². The Morgan fingerprint density at radius 3 is 2.71 bits per heavy atom. The minimum Gasteiger partial charge on any atom is -0.392 e. The summed E-state index contributed by atoms with van der Waals surface area (Å²) in [6.07, 6.45) is 4.99. The zero-order chi connectivity index (χ0) is 12.3. The molecule has 2 rings (SSSR count). The highest BCUT2D eigenvalue weighted by Gasteiger charge is 2.21. The highest BCUT2D eigenvalue weighted by Crippen LogP contribution is 2.29. The van der Waals surface area contributed by atoms with E-state index in [4.69, 9.17) is 5.11 Å². The van der Waals surface area contributed by atoms with Crippen molar-refractivity contribution in [1.82, 2.24) is 0 Å². The Hall–Kier alpha value is -1.53. The lowest BCUT2D eigenvalue weighted by Crippen LogP contribution is -2.29. The fourth-order valence-corrected chi connectivity index (χ4v) is 2.57. The molecule has 0 radical (unpaired) electrons. The van der Waals surface area contributed by atoms with Gasteiger partial charge < -0.3 is 10.0 Å². The molecule has 0 spiro atoms. The van der Waals surface area contributed by atoms with Gasteiger partial charge in [0.1, 0.15) is 6.07 Å². The van der Waals surface area contributed by atoms with E-state index in [1.807, 2.05) is 12.1 Å². The highest BCUT2D eigenvalue weighted by molar-refractivity contribution is 5.60. The number of rotatable bonds is 3. The Labute approximate surface area is 102 Å². The van der Waals surface area contributed by atoms with Gasteiger partial charge in [0.15, 0.2) is 0 Å². The van der Waals surface area contributed by atoms with Crippen molar-refractivity contribution in [3.63, 3.8) is 0 Å². The third-order valence-corrected chi connectivity index (χ3v) is 3.62. The van der Waals surface area contributed by atoms with Crippen molar-refractivity contribution in [2.75, 3.05) is 11.9 Å². The summed E-state index contributed by atoms with van der Waals surface area (Å²) in [5.41, 5.74) is 2.44. The van der Waals surface area contributed by atoms with Gasteiger partial charge in [-0.05, 0) is 30.5 Å². The van der Waals surface area contributed by atoms with Crippen molar-refractivity contribution < 1.29 is 5.11 Å². The van der Waals surface area contributed by atoms with Crippen LogP contribution >= 0.6 is 0 Å². The molecule has 1 fully saturated rings. The standard InChI is InChI=1S/C14H18N2O/c1-16(13-4-2-3-5-13)14-7-6-11(10-17)8-12(14)9-15/h6-8,13,17H,2-5,10H2,1H3. The monoisotopic (exact) mass is 230 g/mol. The Kier molecular flexibility index (Phi) is 3.65. The molecular formula is C14H18N2O. The van der Waals surface area contributed by atoms with Gasteiger partial charge in [0.25, 0.3) is 0 Å². The van der Waals surface area contributed by atoms with Crippen LogP contribution in [0.1, 0.15) is 36.8 Å². The fraction of sp³-hybridized carbons (Fsp3) is 0.500. The molecule has 0 aliphatic heterocycles. The van der Waals surface area contributed by atoms with Gasteiger partial charge in [-0.2, -0.15) is 5.26 Å². The number of nitrogens with zero attached hydrogens (tertiary/aromatic N) is 2. The summed E-state index contributed by atoms with van der Waals surface area (Å²) in [5, 5.41) is 18.2. The quantitative estimate of drug-likeness (QED) is 0.867. The lowest BCUT2D eigenvalue weighted by molar-refractivity contribution is 0.282. The Morgan fingerprint density at radius 1 is 1.41 bits per heavy atom. The van der Waals surface area contributed by atoms with Crippen LogP contribution in [-0.2, 0) is 6.61 Å². The molecule has 1 aliphatic rings. The zero-order valence-corrected chi connectivity index (χ0v) is 10.2. The van der Waals surface area contributed by atoms with Crippen LogP contribution in [-0.4, -0.2) is 18.2 Å². The van der Waals surface area contributed by atoms with Crippen molar-refractivity contribution in [1.29, 1.82) is 5.26 Å². The lowest BCUT2D eigenvalue weighted by atomic mass is 10.1. The van der Waals surface area contributed by atoms with Gasteiger partial charge in [-0.1, -0.05) is 18.9 Å². The summed E-state index contributed by atoms with van der Waals surface area (Å²) >= 11 is 0. The van der Waals surface area contributed by atoms with E-state index in [1.54, 1.807) is 6.07 Å². The van der Waals surface area contributed by atoms with Gasteiger partial charge in [-0.25, -0.2) is 0 Å². The van der Waals surface area contributed by atoms with Crippen LogP contribution in [0.2, 0.25) is 0 Å². The molecule has 1 aromatic rings. The van der Waals surface area contributed by atoms with Crippen LogP contribution in [0.25, 0.3) is 0 Å². The molecule has 0 heterocycles. The van der Waals surface area contributed by atoms with E-state index in [9.17, 15) is 5.26 Å². The van der Waals surface area contributed by atoms with E-state index >= 15 is 0 Å². The number of nitriles is 1.